The molecule has 9 nitrogen and oxygen atoms in total. The van der Waals surface area contributed by atoms with Crippen LogP contribution in [-0.2, 0) is 14.6 Å². The third-order valence-corrected chi connectivity index (χ3v) is 6.88. The summed E-state index contributed by atoms with van der Waals surface area (Å²) in [6.07, 6.45) is 2.75. The molecule has 174 valence electrons. The van der Waals surface area contributed by atoms with Crippen LogP contribution in [0.25, 0.3) is 5.65 Å². The number of fused-ring (bicyclic) bond motifs is 1. The van der Waals surface area contributed by atoms with Crippen LogP contribution in [0.2, 0.25) is 0 Å². The first-order valence-corrected chi connectivity index (χ1v) is 13.0. The fourth-order valence-corrected chi connectivity index (χ4v) is 4.49. The number of hydrogen-bond donors (Lipinski definition) is 2. The number of pyridine rings is 1. The molecule has 4 aromatic rings. The molecule has 0 unspecified atom stereocenters. The molecule has 0 saturated heterocycles. The molecule has 0 radical (unpaired) electrons. The van der Waals surface area contributed by atoms with Crippen molar-refractivity contribution in [3.05, 3.63) is 78.0 Å². The molecule has 0 saturated carbocycles. The number of aromatic nitrogens is 3. The molecular weight excluding hydrogens is 474 g/mol. The second kappa shape index (κ2) is 9.65. The molecule has 2 heterocycles. The van der Waals surface area contributed by atoms with Crippen molar-refractivity contribution in [2.75, 3.05) is 22.6 Å². The summed E-state index contributed by atoms with van der Waals surface area (Å²) in [5, 5.41) is 14.2. The minimum absolute atomic E-state index is 0.0499. The Bertz CT molecular complexity index is 1480. The van der Waals surface area contributed by atoms with Gasteiger partial charge in [0.05, 0.1) is 16.2 Å². The predicted octanol–water partition coefficient (Wildman–Crippen LogP) is 3.42. The van der Waals surface area contributed by atoms with Gasteiger partial charge < -0.3 is 10.6 Å². The molecule has 11 heteroatoms. The Balaban J connectivity index is 1.42. The summed E-state index contributed by atoms with van der Waals surface area (Å²) in [4.78, 5) is 25.2. The Morgan fingerprint density at radius 3 is 2.44 bits per heavy atom. The van der Waals surface area contributed by atoms with E-state index in [1.54, 1.807) is 22.7 Å². The van der Waals surface area contributed by atoms with Crippen LogP contribution in [0.3, 0.4) is 0 Å². The van der Waals surface area contributed by atoms with Gasteiger partial charge in [0.1, 0.15) is 0 Å². The standard InChI is InChI=1S/C23H21N5O4S2/c1-15-4-3-5-18(12-15)25-22(30)16-6-11-20-26-27-23(28(20)13-16)33-14-21(29)24-17-7-9-19(10-8-17)34(2,31)32/h3-13H,14H2,1-2H3,(H,24,29)(H,25,30). The average molecular weight is 496 g/mol. The smallest absolute Gasteiger partial charge is 0.257 e. The number of benzene rings is 2. The molecule has 0 aliphatic rings. The molecule has 0 aliphatic heterocycles. The number of thioether (sulfide) groups is 1. The van der Waals surface area contributed by atoms with Gasteiger partial charge in [0.25, 0.3) is 5.91 Å². The summed E-state index contributed by atoms with van der Waals surface area (Å²) in [6.45, 7) is 1.95. The molecule has 0 bridgehead atoms. The van der Waals surface area contributed by atoms with Crippen molar-refractivity contribution in [2.45, 2.75) is 17.0 Å². The average Bonchev–Trinajstić information content (AvgIpc) is 3.20. The summed E-state index contributed by atoms with van der Waals surface area (Å²) in [5.41, 5.74) is 3.19. The Morgan fingerprint density at radius 1 is 0.971 bits per heavy atom. The lowest BCUT2D eigenvalue weighted by atomic mass is 10.2. The number of anilines is 2. The third kappa shape index (κ3) is 5.61. The lowest BCUT2D eigenvalue weighted by Gasteiger charge is -2.07. The van der Waals surface area contributed by atoms with Gasteiger partial charge in [0, 0.05) is 23.8 Å². The summed E-state index contributed by atoms with van der Waals surface area (Å²) in [5.74, 6) is -0.511. The number of rotatable bonds is 7. The van der Waals surface area contributed by atoms with Gasteiger partial charge in [-0.2, -0.15) is 0 Å². The number of hydrogen-bond acceptors (Lipinski definition) is 7. The fraction of sp³-hybridized carbons (Fsp3) is 0.130. The molecule has 34 heavy (non-hydrogen) atoms. The van der Waals surface area contributed by atoms with E-state index in [0.717, 1.165) is 11.8 Å². The van der Waals surface area contributed by atoms with Gasteiger partial charge in [-0.25, -0.2) is 8.42 Å². The number of nitrogens with zero attached hydrogens (tertiary/aromatic N) is 3. The molecule has 0 atom stereocenters. The molecule has 2 aromatic heterocycles. The zero-order valence-electron chi connectivity index (χ0n) is 18.3. The van der Waals surface area contributed by atoms with Crippen molar-refractivity contribution in [3.63, 3.8) is 0 Å². The number of carbonyl (C=O) groups excluding carboxylic acids is 2. The van der Waals surface area contributed by atoms with Crippen LogP contribution < -0.4 is 10.6 Å². The van der Waals surface area contributed by atoms with E-state index in [2.05, 4.69) is 20.8 Å². The Hall–Kier alpha value is -3.70. The minimum Gasteiger partial charge on any atom is -0.325 e. The second-order valence-electron chi connectivity index (χ2n) is 7.59. The maximum atomic E-state index is 12.7. The number of nitrogens with one attached hydrogen (secondary N) is 2. The topological polar surface area (TPSA) is 123 Å². The zero-order chi connectivity index (χ0) is 24.3. The van der Waals surface area contributed by atoms with Crippen LogP contribution in [0.15, 0.2) is 76.9 Å². The quantitative estimate of drug-likeness (QED) is 0.377. The van der Waals surface area contributed by atoms with Crippen molar-refractivity contribution in [3.8, 4) is 0 Å². The summed E-state index contributed by atoms with van der Waals surface area (Å²) in [6, 6.07) is 16.8. The van der Waals surface area contributed by atoms with Crippen LogP contribution in [0.4, 0.5) is 11.4 Å². The van der Waals surface area contributed by atoms with Crippen LogP contribution >= 0.6 is 11.8 Å². The third-order valence-electron chi connectivity index (χ3n) is 4.81. The molecule has 4 rings (SSSR count). The normalized spacial score (nSPS) is 11.4. The monoisotopic (exact) mass is 495 g/mol. The molecule has 2 N–H and O–H groups in total. The van der Waals surface area contributed by atoms with Crippen LogP contribution in [0, 0.1) is 6.92 Å². The summed E-state index contributed by atoms with van der Waals surface area (Å²) in [7, 11) is -3.30. The van der Waals surface area contributed by atoms with Gasteiger partial charge in [-0.3, -0.25) is 14.0 Å². The van der Waals surface area contributed by atoms with E-state index in [0.29, 0.717) is 27.7 Å². The maximum absolute atomic E-state index is 12.7. The minimum atomic E-state index is -3.30. The number of sulfone groups is 1. The first-order valence-electron chi connectivity index (χ1n) is 10.1. The van der Waals surface area contributed by atoms with Gasteiger partial charge in [0.15, 0.2) is 20.6 Å². The van der Waals surface area contributed by atoms with Gasteiger partial charge in [-0.15, -0.1) is 10.2 Å². The molecule has 0 spiro atoms. The van der Waals surface area contributed by atoms with E-state index in [9.17, 15) is 18.0 Å². The van der Waals surface area contributed by atoms with Crippen LogP contribution in [0.1, 0.15) is 15.9 Å². The highest BCUT2D eigenvalue weighted by Gasteiger charge is 2.13. The van der Waals surface area contributed by atoms with E-state index in [-0.39, 0.29) is 22.5 Å². The highest BCUT2D eigenvalue weighted by Crippen LogP contribution is 2.20. The molecule has 0 fully saturated rings. The maximum Gasteiger partial charge on any atom is 0.257 e. The van der Waals surface area contributed by atoms with E-state index in [1.807, 2.05) is 31.2 Å². The lowest BCUT2D eigenvalue weighted by molar-refractivity contribution is -0.113. The molecular formula is C23H21N5O4S2. The van der Waals surface area contributed by atoms with Crippen molar-refractivity contribution in [1.29, 1.82) is 0 Å². The fourth-order valence-electron chi connectivity index (χ4n) is 3.14. The lowest BCUT2D eigenvalue weighted by Crippen LogP contribution is -2.14. The number of carbonyl (C=O) groups is 2. The first-order chi connectivity index (χ1) is 16.2. The number of aryl methyl sites for hydroxylation is 1. The Labute approximate surface area is 200 Å². The van der Waals surface area contributed by atoms with E-state index in [1.165, 1.54) is 36.0 Å². The van der Waals surface area contributed by atoms with Gasteiger partial charge >= 0.3 is 0 Å². The SMILES string of the molecule is Cc1cccc(NC(=O)c2ccc3nnc(SCC(=O)Nc4ccc(S(C)(=O)=O)cc4)n3c2)c1. The van der Waals surface area contributed by atoms with E-state index < -0.39 is 9.84 Å². The van der Waals surface area contributed by atoms with Crippen LogP contribution in [-0.4, -0.2) is 46.8 Å². The van der Waals surface area contributed by atoms with E-state index >= 15 is 0 Å². The van der Waals surface area contributed by atoms with Gasteiger partial charge in [0.2, 0.25) is 5.91 Å². The highest BCUT2D eigenvalue weighted by molar-refractivity contribution is 7.99. The Kier molecular flexibility index (Phi) is 6.66. The highest BCUT2D eigenvalue weighted by atomic mass is 32.2. The number of amides is 2. The largest absolute Gasteiger partial charge is 0.325 e. The summed E-state index contributed by atoms with van der Waals surface area (Å²) >= 11 is 1.17. The van der Waals surface area contributed by atoms with Crippen molar-refractivity contribution in [2.24, 2.45) is 0 Å². The molecule has 2 amide bonds. The predicted molar refractivity (Wildman–Crippen MR) is 131 cm³/mol. The second-order valence-corrected chi connectivity index (χ2v) is 10.5. The Morgan fingerprint density at radius 2 is 1.74 bits per heavy atom. The van der Waals surface area contributed by atoms with Crippen molar-refractivity contribution in [1.82, 2.24) is 14.6 Å². The van der Waals surface area contributed by atoms with Crippen molar-refractivity contribution < 1.29 is 18.0 Å². The summed E-state index contributed by atoms with van der Waals surface area (Å²) < 4.78 is 24.8. The molecule has 2 aromatic carbocycles. The zero-order valence-corrected chi connectivity index (χ0v) is 20.0. The van der Waals surface area contributed by atoms with Gasteiger partial charge in [-0.1, -0.05) is 23.9 Å². The van der Waals surface area contributed by atoms with Gasteiger partial charge in [-0.05, 0) is 61.0 Å². The van der Waals surface area contributed by atoms with Crippen molar-refractivity contribution >= 4 is 50.4 Å². The first kappa shape index (κ1) is 23.5. The molecule has 0 aliphatic carbocycles. The van der Waals surface area contributed by atoms with Crippen LogP contribution in [0.5, 0.6) is 0 Å². The van der Waals surface area contributed by atoms with E-state index in [4.69, 9.17) is 0 Å².